The third-order valence-electron chi connectivity index (χ3n) is 1.27. The SMILES string of the molecule is Nc1coc2ccnnc12. The number of nitrogens with zero attached hydrogens (tertiary/aromatic N) is 2. The van der Waals surface area contributed by atoms with Gasteiger partial charge in [-0.25, -0.2) is 0 Å². The van der Waals surface area contributed by atoms with E-state index in [9.17, 15) is 0 Å². The van der Waals surface area contributed by atoms with E-state index in [-0.39, 0.29) is 0 Å². The predicted molar refractivity (Wildman–Crippen MR) is 36.2 cm³/mol. The maximum atomic E-state index is 5.48. The molecule has 0 aliphatic carbocycles. The molecule has 10 heavy (non-hydrogen) atoms. The van der Waals surface area contributed by atoms with E-state index in [1.165, 1.54) is 6.26 Å². The van der Waals surface area contributed by atoms with Crippen LogP contribution in [0.5, 0.6) is 0 Å². The molecule has 0 spiro atoms. The highest BCUT2D eigenvalue weighted by Gasteiger charge is 2.01. The quantitative estimate of drug-likeness (QED) is 0.580. The van der Waals surface area contributed by atoms with Gasteiger partial charge in [0, 0.05) is 6.07 Å². The summed E-state index contributed by atoms with van der Waals surface area (Å²) >= 11 is 0. The van der Waals surface area contributed by atoms with Gasteiger partial charge >= 0.3 is 0 Å². The second-order valence-corrected chi connectivity index (χ2v) is 1.94. The molecule has 0 bridgehead atoms. The molecule has 0 amide bonds. The minimum atomic E-state index is 0.531. The molecule has 2 aromatic heterocycles. The van der Waals surface area contributed by atoms with Crippen LogP contribution < -0.4 is 5.73 Å². The number of nitrogens with two attached hydrogens (primary N) is 1. The molecule has 0 unspecified atom stereocenters. The van der Waals surface area contributed by atoms with Crippen LogP contribution in [0.3, 0.4) is 0 Å². The van der Waals surface area contributed by atoms with Crippen molar-refractivity contribution >= 4 is 16.8 Å². The number of nitrogen functional groups attached to an aromatic ring is 1. The zero-order valence-corrected chi connectivity index (χ0v) is 5.11. The Kier molecular flexibility index (Phi) is 0.887. The highest BCUT2D eigenvalue weighted by molar-refractivity contribution is 5.84. The molecule has 50 valence electrons. The number of rotatable bonds is 0. The van der Waals surface area contributed by atoms with E-state index in [0.717, 1.165) is 0 Å². The molecule has 0 radical (unpaired) electrons. The van der Waals surface area contributed by atoms with Gasteiger partial charge in [-0.1, -0.05) is 0 Å². The van der Waals surface area contributed by atoms with Gasteiger partial charge < -0.3 is 10.2 Å². The molecule has 0 aliphatic rings. The van der Waals surface area contributed by atoms with E-state index in [1.807, 2.05) is 0 Å². The maximum Gasteiger partial charge on any atom is 0.157 e. The van der Waals surface area contributed by atoms with E-state index in [0.29, 0.717) is 16.8 Å². The van der Waals surface area contributed by atoms with E-state index in [4.69, 9.17) is 10.2 Å². The topological polar surface area (TPSA) is 64.9 Å². The predicted octanol–water partition coefficient (Wildman–Crippen LogP) is 0.805. The summed E-state index contributed by atoms with van der Waals surface area (Å²) in [6.45, 7) is 0. The number of anilines is 1. The summed E-state index contributed by atoms with van der Waals surface area (Å²) in [5.74, 6) is 0. The molecule has 0 fully saturated rings. The largest absolute Gasteiger partial charge is 0.460 e. The first-order valence-corrected chi connectivity index (χ1v) is 2.82. The van der Waals surface area contributed by atoms with Crippen molar-refractivity contribution in [3.8, 4) is 0 Å². The van der Waals surface area contributed by atoms with Crippen LogP contribution in [-0.4, -0.2) is 10.2 Å². The zero-order chi connectivity index (χ0) is 6.97. The monoisotopic (exact) mass is 135 g/mol. The summed E-state index contributed by atoms with van der Waals surface area (Å²) < 4.78 is 5.02. The van der Waals surface area contributed by atoms with Crippen molar-refractivity contribution in [1.82, 2.24) is 10.2 Å². The van der Waals surface area contributed by atoms with Crippen molar-refractivity contribution in [1.29, 1.82) is 0 Å². The van der Waals surface area contributed by atoms with Crippen LogP contribution in [0.15, 0.2) is 22.9 Å². The van der Waals surface area contributed by atoms with Gasteiger partial charge in [0.05, 0.1) is 11.9 Å². The molecule has 0 aromatic carbocycles. The van der Waals surface area contributed by atoms with Gasteiger partial charge in [0.1, 0.15) is 6.26 Å². The lowest BCUT2D eigenvalue weighted by atomic mass is 10.4. The zero-order valence-electron chi connectivity index (χ0n) is 5.11. The Morgan fingerprint density at radius 1 is 1.50 bits per heavy atom. The number of hydrogen-bond acceptors (Lipinski definition) is 4. The molecule has 0 atom stereocenters. The molecule has 4 nitrogen and oxygen atoms in total. The van der Waals surface area contributed by atoms with Crippen molar-refractivity contribution in [3.05, 3.63) is 18.5 Å². The summed E-state index contributed by atoms with van der Waals surface area (Å²) in [7, 11) is 0. The maximum absolute atomic E-state index is 5.48. The van der Waals surface area contributed by atoms with Crippen molar-refractivity contribution in [2.45, 2.75) is 0 Å². The first kappa shape index (κ1) is 5.22. The van der Waals surface area contributed by atoms with Crippen LogP contribution >= 0.6 is 0 Å². The fraction of sp³-hybridized carbons (Fsp3) is 0. The van der Waals surface area contributed by atoms with Crippen molar-refractivity contribution in [3.63, 3.8) is 0 Å². The van der Waals surface area contributed by atoms with Gasteiger partial charge in [-0.3, -0.25) is 0 Å². The Labute approximate surface area is 56.7 Å². The molecule has 2 aromatic rings. The van der Waals surface area contributed by atoms with E-state index >= 15 is 0 Å². The summed E-state index contributed by atoms with van der Waals surface area (Å²) in [6.07, 6.45) is 3.02. The third kappa shape index (κ3) is 0.556. The number of furan rings is 1. The van der Waals surface area contributed by atoms with Gasteiger partial charge in [-0.15, -0.1) is 5.10 Å². The lowest BCUT2D eigenvalue weighted by molar-refractivity contribution is 0.616. The Morgan fingerprint density at radius 2 is 2.40 bits per heavy atom. The minimum absolute atomic E-state index is 0.531. The first-order valence-electron chi connectivity index (χ1n) is 2.82. The molecular formula is C6H5N3O. The summed E-state index contributed by atoms with van der Waals surface area (Å²) in [4.78, 5) is 0. The third-order valence-corrected chi connectivity index (χ3v) is 1.27. The van der Waals surface area contributed by atoms with Crippen LogP contribution in [0.1, 0.15) is 0 Å². The van der Waals surface area contributed by atoms with Gasteiger partial charge in [0.15, 0.2) is 11.1 Å². The molecule has 2 rings (SSSR count). The average Bonchev–Trinajstić information content (AvgIpc) is 2.34. The van der Waals surface area contributed by atoms with Crippen molar-refractivity contribution in [2.24, 2.45) is 0 Å². The van der Waals surface area contributed by atoms with Gasteiger partial charge in [-0.2, -0.15) is 5.10 Å². The molecule has 2 N–H and O–H groups in total. The number of hydrogen-bond donors (Lipinski definition) is 1. The fourth-order valence-electron chi connectivity index (χ4n) is 0.798. The Bertz CT molecular complexity index is 355. The normalized spacial score (nSPS) is 10.4. The van der Waals surface area contributed by atoms with Gasteiger partial charge in [0.2, 0.25) is 0 Å². The second-order valence-electron chi connectivity index (χ2n) is 1.94. The molecular weight excluding hydrogens is 130 g/mol. The summed E-state index contributed by atoms with van der Waals surface area (Å²) in [5.41, 5.74) is 7.31. The molecule has 0 saturated heterocycles. The Hall–Kier alpha value is -1.58. The molecule has 0 saturated carbocycles. The van der Waals surface area contributed by atoms with Crippen molar-refractivity contribution < 1.29 is 4.42 Å². The summed E-state index contributed by atoms with van der Waals surface area (Å²) in [6, 6.07) is 1.72. The van der Waals surface area contributed by atoms with Gasteiger partial charge in [0.25, 0.3) is 0 Å². The first-order chi connectivity index (χ1) is 4.88. The number of fused-ring (bicyclic) bond motifs is 1. The van der Waals surface area contributed by atoms with Crippen LogP contribution in [0.2, 0.25) is 0 Å². The standard InChI is InChI=1S/C6H5N3O/c7-4-3-10-5-1-2-8-9-6(4)5/h1-3H,7H2. The molecule has 4 heteroatoms. The molecule has 0 aliphatic heterocycles. The van der Waals surface area contributed by atoms with Crippen LogP contribution in [-0.2, 0) is 0 Å². The van der Waals surface area contributed by atoms with Crippen LogP contribution in [0.25, 0.3) is 11.1 Å². The smallest absolute Gasteiger partial charge is 0.157 e. The van der Waals surface area contributed by atoms with Crippen LogP contribution in [0, 0.1) is 0 Å². The second kappa shape index (κ2) is 1.70. The van der Waals surface area contributed by atoms with Gasteiger partial charge in [-0.05, 0) is 0 Å². The minimum Gasteiger partial charge on any atom is -0.460 e. The van der Waals surface area contributed by atoms with Crippen molar-refractivity contribution in [2.75, 3.05) is 5.73 Å². The average molecular weight is 135 g/mol. The van der Waals surface area contributed by atoms with E-state index in [1.54, 1.807) is 12.3 Å². The van der Waals surface area contributed by atoms with E-state index < -0.39 is 0 Å². The lowest BCUT2D eigenvalue weighted by Crippen LogP contribution is -1.84. The highest BCUT2D eigenvalue weighted by Crippen LogP contribution is 2.18. The fourth-order valence-corrected chi connectivity index (χ4v) is 0.798. The summed E-state index contributed by atoms with van der Waals surface area (Å²) in [5, 5.41) is 7.43. The highest BCUT2D eigenvalue weighted by atomic mass is 16.3. The Balaban J connectivity index is 2.93. The van der Waals surface area contributed by atoms with E-state index in [2.05, 4.69) is 10.2 Å². The molecule has 2 heterocycles. The number of aromatic nitrogens is 2. The van der Waals surface area contributed by atoms with Crippen LogP contribution in [0.4, 0.5) is 5.69 Å². The Morgan fingerprint density at radius 3 is 3.20 bits per heavy atom. The lowest BCUT2D eigenvalue weighted by Gasteiger charge is -1.82.